The van der Waals surface area contributed by atoms with Crippen molar-refractivity contribution in [2.45, 2.75) is 64.8 Å². The van der Waals surface area contributed by atoms with Gasteiger partial charge < -0.3 is 14.4 Å². The molecule has 4 aromatic rings. The number of methoxy groups -OCH3 is 2. The molecular formula is C45H53N3O4. The predicted molar refractivity (Wildman–Crippen MR) is 216 cm³/mol. The third-order valence-electron chi connectivity index (χ3n) is 8.89. The first kappa shape index (κ1) is 39.4. The van der Waals surface area contributed by atoms with E-state index in [0.29, 0.717) is 0 Å². The van der Waals surface area contributed by atoms with Crippen molar-refractivity contribution in [3.63, 3.8) is 0 Å². The summed E-state index contributed by atoms with van der Waals surface area (Å²) in [5, 5.41) is 7.20. The van der Waals surface area contributed by atoms with Gasteiger partial charge in [0.2, 0.25) is 0 Å². The molecule has 0 aromatic heterocycles. The number of ether oxygens (including phenoxy) is 2. The van der Waals surface area contributed by atoms with E-state index in [1.54, 1.807) is 12.1 Å². The molecule has 0 amide bonds. The Morgan fingerprint density at radius 1 is 0.692 bits per heavy atom. The molecule has 1 aliphatic rings. The summed E-state index contributed by atoms with van der Waals surface area (Å²) in [5.74, 6) is -1.44. The maximum atomic E-state index is 11.5. The molecule has 0 aliphatic carbocycles. The Labute approximate surface area is 310 Å². The summed E-state index contributed by atoms with van der Waals surface area (Å²) >= 11 is 0. The zero-order valence-electron chi connectivity index (χ0n) is 32.3. The normalized spacial score (nSPS) is 14.2. The van der Waals surface area contributed by atoms with Gasteiger partial charge in [0.1, 0.15) is 5.57 Å². The monoisotopic (exact) mass is 699 g/mol. The second kappa shape index (κ2) is 17.2. The molecule has 4 aromatic carbocycles. The van der Waals surface area contributed by atoms with Crippen molar-refractivity contribution >= 4 is 41.2 Å². The third-order valence-corrected chi connectivity index (χ3v) is 8.89. The van der Waals surface area contributed by atoms with E-state index in [0.717, 1.165) is 29.1 Å². The highest BCUT2D eigenvalue weighted by Crippen LogP contribution is 2.36. The first-order chi connectivity index (χ1) is 24.6. The number of carbonyl (C=O) groups is 2. The summed E-state index contributed by atoms with van der Waals surface area (Å²) in [6.45, 7) is 13.5. The van der Waals surface area contributed by atoms with Gasteiger partial charge in [-0.1, -0.05) is 126 Å². The Bertz CT molecular complexity index is 1860. The first-order valence-electron chi connectivity index (χ1n) is 17.6. The molecule has 52 heavy (non-hydrogen) atoms. The fourth-order valence-electron chi connectivity index (χ4n) is 5.66. The van der Waals surface area contributed by atoms with Gasteiger partial charge in [0.05, 0.1) is 31.7 Å². The number of carbonyl (C=O) groups excluding carboxylic acids is 2. The van der Waals surface area contributed by atoms with Crippen molar-refractivity contribution in [2.24, 2.45) is 5.10 Å². The van der Waals surface area contributed by atoms with Gasteiger partial charge in [-0.15, -0.1) is 0 Å². The molecule has 0 spiro atoms. The largest absolute Gasteiger partial charge is 0.465 e. The Balaban J connectivity index is 0.000000272. The molecule has 0 saturated carbocycles. The van der Waals surface area contributed by atoms with Crippen molar-refractivity contribution in [3.8, 4) is 0 Å². The standard InChI is InChI=1S/C31H36N2.C14H17NO4/c1-30(2,3)25-17-12-23(13-18-25)14-21-27-22-29(33(32-27)28-10-8-7-9-11-28)24-15-19-26(20-16-24)31(4,5)6;1-15(2)11-7-5-10(6-8-11)9-12(13(16)18-3)14(17)19-4/h7-21,29H,22H2,1-6H3;5-9H,1-4H3/b21-14-;. The maximum absolute atomic E-state index is 11.5. The molecule has 5 rings (SSSR count). The Hall–Kier alpha value is -5.43. The van der Waals surface area contributed by atoms with Crippen LogP contribution < -0.4 is 9.91 Å². The second-order valence-corrected chi connectivity index (χ2v) is 15.1. The highest BCUT2D eigenvalue weighted by Gasteiger charge is 2.28. The van der Waals surface area contributed by atoms with Crippen LogP contribution in [0, 0.1) is 0 Å². The summed E-state index contributed by atoms with van der Waals surface area (Å²) in [7, 11) is 6.29. The van der Waals surface area contributed by atoms with Crippen LogP contribution in [-0.4, -0.2) is 46.0 Å². The van der Waals surface area contributed by atoms with Crippen molar-refractivity contribution in [1.29, 1.82) is 0 Å². The van der Waals surface area contributed by atoms with Gasteiger partial charge in [-0.25, -0.2) is 9.59 Å². The smallest absolute Gasteiger partial charge is 0.345 e. The highest BCUT2D eigenvalue weighted by molar-refractivity contribution is 6.17. The molecule has 0 bridgehead atoms. The molecule has 7 nitrogen and oxygen atoms in total. The van der Waals surface area contributed by atoms with Crippen LogP contribution in [0.4, 0.5) is 11.4 Å². The first-order valence-corrected chi connectivity index (χ1v) is 17.6. The average Bonchev–Trinajstić information content (AvgIpc) is 3.57. The molecule has 1 aliphatic heterocycles. The lowest BCUT2D eigenvalue weighted by Crippen LogP contribution is -2.19. The van der Waals surface area contributed by atoms with Gasteiger partial charge in [0, 0.05) is 26.2 Å². The number of rotatable bonds is 8. The van der Waals surface area contributed by atoms with Gasteiger partial charge >= 0.3 is 11.9 Å². The molecule has 1 unspecified atom stereocenters. The van der Waals surface area contributed by atoms with E-state index in [4.69, 9.17) is 5.10 Å². The van der Waals surface area contributed by atoms with E-state index < -0.39 is 11.9 Å². The number of hydrogen-bond acceptors (Lipinski definition) is 7. The van der Waals surface area contributed by atoms with E-state index in [1.807, 2.05) is 31.1 Å². The average molecular weight is 700 g/mol. The van der Waals surface area contributed by atoms with Gasteiger partial charge in [-0.05, 0) is 75.1 Å². The lowest BCUT2D eigenvalue weighted by Gasteiger charge is -2.25. The van der Waals surface area contributed by atoms with Crippen LogP contribution in [0.25, 0.3) is 12.2 Å². The van der Waals surface area contributed by atoms with E-state index in [1.165, 1.54) is 42.5 Å². The van der Waals surface area contributed by atoms with Crippen molar-refractivity contribution in [2.75, 3.05) is 38.2 Å². The molecule has 1 atom stereocenters. The lowest BCUT2D eigenvalue weighted by molar-refractivity contribution is -0.143. The van der Waals surface area contributed by atoms with Crippen LogP contribution in [-0.2, 0) is 29.9 Å². The molecule has 1 heterocycles. The van der Waals surface area contributed by atoms with E-state index in [-0.39, 0.29) is 22.4 Å². The Morgan fingerprint density at radius 3 is 1.67 bits per heavy atom. The lowest BCUT2D eigenvalue weighted by atomic mass is 9.86. The van der Waals surface area contributed by atoms with Gasteiger partial charge in [-0.3, -0.25) is 5.01 Å². The van der Waals surface area contributed by atoms with Gasteiger partial charge in [-0.2, -0.15) is 5.10 Å². The molecule has 0 radical (unpaired) electrons. The summed E-state index contributed by atoms with van der Waals surface area (Å²) in [5.41, 5.74) is 9.37. The number of esters is 2. The molecule has 7 heteroatoms. The quantitative estimate of drug-likeness (QED) is 0.0790. The van der Waals surface area contributed by atoms with Crippen LogP contribution in [0.3, 0.4) is 0 Å². The van der Waals surface area contributed by atoms with Gasteiger partial charge in [0.25, 0.3) is 0 Å². The number of hydrazone groups is 1. The number of hydrogen-bond donors (Lipinski definition) is 0. The summed E-state index contributed by atoms with van der Waals surface area (Å²) in [6, 6.07) is 36.0. The number of para-hydroxylation sites is 1. The van der Waals surface area contributed by atoms with Crippen molar-refractivity contribution < 1.29 is 19.1 Å². The van der Waals surface area contributed by atoms with Crippen LogP contribution in [0.2, 0.25) is 0 Å². The fourth-order valence-corrected chi connectivity index (χ4v) is 5.66. The molecular weight excluding hydrogens is 647 g/mol. The van der Waals surface area contributed by atoms with E-state index in [9.17, 15) is 9.59 Å². The van der Waals surface area contributed by atoms with Crippen LogP contribution >= 0.6 is 0 Å². The zero-order chi connectivity index (χ0) is 38.1. The Kier molecular flexibility index (Phi) is 13.0. The minimum atomic E-state index is -0.719. The van der Waals surface area contributed by atoms with Crippen LogP contribution in [0.15, 0.2) is 120 Å². The molecule has 0 fully saturated rings. The topological polar surface area (TPSA) is 71.4 Å². The minimum absolute atomic E-state index is 0.136. The highest BCUT2D eigenvalue weighted by atomic mass is 16.5. The number of anilines is 2. The minimum Gasteiger partial charge on any atom is -0.465 e. The summed E-state index contributed by atoms with van der Waals surface area (Å²) < 4.78 is 9.11. The van der Waals surface area contributed by atoms with Crippen LogP contribution in [0.1, 0.15) is 81.8 Å². The number of allylic oxidation sites excluding steroid dienone is 1. The van der Waals surface area contributed by atoms with Crippen molar-refractivity contribution in [3.05, 3.63) is 143 Å². The SMILES string of the molecule is CC(C)(C)c1ccc(/C=C\C2=NN(c3ccccc3)C(c3ccc(C(C)(C)C)cc3)C2)cc1.COC(=O)C(=Cc1ccc(N(C)C)cc1)C(=O)OC. The molecule has 0 saturated heterocycles. The maximum Gasteiger partial charge on any atom is 0.345 e. The van der Waals surface area contributed by atoms with E-state index >= 15 is 0 Å². The van der Waals surface area contributed by atoms with E-state index in [2.05, 4.69) is 147 Å². The third kappa shape index (κ3) is 10.5. The second-order valence-electron chi connectivity index (χ2n) is 15.1. The predicted octanol–water partition coefficient (Wildman–Crippen LogP) is 9.78. The number of benzene rings is 4. The Morgan fingerprint density at radius 2 is 1.19 bits per heavy atom. The molecule has 272 valence electrons. The number of nitrogens with zero attached hydrogens (tertiary/aromatic N) is 3. The van der Waals surface area contributed by atoms with Crippen molar-refractivity contribution in [1.82, 2.24) is 0 Å². The van der Waals surface area contributed by atoms with Gasteiger partial charge in [0.15, 0.2) is 0 Å². The molecule has 0 N–H and O–H groups in total. The summed E-state index contributed by atoms with van der Waals surface area (Å²) in [6.07, 6.45) is 6.68. The fraction of sp³-hybridized carbons (Fsp3) is 0.311. The van der Waals surface area contributed by atoms with Crippen LogP contribution in [0.5, 0.6) is 0 Å². The zero-order valence-corrected chi connectivity index (χ0v) is 32.3. The summed E-state index contributed by atoms with van der Waals surface area (Å²) in [4.78, 5) is 24.9.